The summed E-state index contributed by atoms with van der Waals surface area (Å²) in [5, 5.41) is 22.1. The number of nitrogens with zero attached hydrogens (tertiary/aromatic N) is 3. The first-order chi connectivity index (χ1) is 15.4. The van der Waals surface area contributed by atoms with Gasteiger partial charge in [-0.2, -0.15) is 5.26 Å². The van der Waals surface area contributed by atoms with E-state index < -0.39 is 28.6 Å². The lowest BCUT2D eigenvalue weighted by Crippen LogP contribution is -2.46. The van der Waals surface area contributed by atoms with Crippen LogP contribution in [-0.4, -0.2) is 34.6 Å². The molecule has 1 aliphatic heterocycles. The number of rotatable bonds is 7. The zero-order valence-corrected chi connectivity index (χ0v) is 18.4. The number of allylic oxidation sites excluding steroid dienone is 1. The van der Waals surface area contributed by atoms with Gasteiger partial charge in [0.25, 0.3) is 5.69 Å². The predicted molar refractivity (Wildman–Crippen MR) is 119 cm³/mol. The molecule has 3 rings (SSSR count). The molecular formula is C23H21N3O5S. The summed E-state index contributed by atoms with van der Waals surface area (Å²) in [6.45, 7) is 1.80. The lowest BCUT2D eigenvalue weighted by molar-refractivity contribution is -0.385. The van der Waals surface area contributed by atoms with Crippen molar-refractivity contribution >= 4 is 29.3 Å². The topological polar surface area (TPSA) is 114 Å². The summed E-state index contributed by atoms with van der Waals surface area (Å²) in [6.07, 6.45) is 1.72. The molecule has 0 bridgehead atoms. The number of hydrogen-bond donors (Lipinski definition) is 0. The number of nitro benzene ring substituents is 1. The fraction of sp³-hybridized carbons (Fsp3) is 0.261. The highest BCUT2D eigenvalue weighted by Gasteiger charge is 2.49. The first-order valence-electron chi connectivity index (χ1n) is 9.88. The van der Waals surface area contributed by atoms with Crippen molar-refractivity contribution in [1.82, 2.24) is 4.90 Å². The van der Waals surface area contributed by atoms with Gasteiger partial charge in [0.15, 0.2) is 0 Å². The van der Waals surface area contributed by atoms with E-state index in [2.05, 4.69) is 6.07 Å². The summed E-state index contributed by atoms with van der Waals surface area (Å²) in [7, 11) is 0. The van der Waals surface area contributed by atoms with Gasteiger partial charge in [0.05, 0.1) is 40.7 Å². The lowest BCUT2D eigenvalue weighted by Gasteiger charge is -2.37. The number of para-hydroxylation sites is 1. The Morgan fingerprint density at radius 1 is 1.22 bits per heavy atom. The fourth-order valence-corrected chi connectivity index (χ4v) is 4.60. The van der Waals surface area contributed by atoms with Crippen molar-refractivity contribution in [2.75, 3.05) is 12.9 Å². The van der Waals surface area contributed by atoms with Crippen LogP contribution in [0.3, 0.4) is 0 Å². The number of nitro groups is 1. The van der Waals surface area contributed by atoms with Crippen LogP contribution in [0, 0.1) is 27.4 Å². The number of amides is 1. The van der Waals surface area contributed by atoms with Crippen molar-refractivity contribution in [3.63, 3.8) is 0 Å². The third kappa shape index (κ3) is 4.36. The summed E-state index contributed by atoms with van der Waals surface area (Å²) in [5.74, 6) is -3.90. The molecule has 2 aromatic rings. The Kier molecular flexibility index (Phi) is 7.28. The number of esters is 1. The van der Waals surface area contributed by atoms with Crippen molar-refractivity contribution in [2.45, 2.75) is 19.4 Å². The highest BCUT2D eigenvalue weighted by molar-refractivity contribution is 8.02. The van der Waals surface area contributed by atoms with Crippen LogP contribution < -0.4 is 0 Å². The van der Waals surface area contributed by atoms with E-state index in [1.54, 1.807) is 19.2 Å². The predicted octanol–water partition coefficient (Wildman–Crippen LogP) is 4.00. The molecule has 0 aromatic heterocycles. The summed E-state index contributed by atoms with van der Waals surface area (Å²) in [4.78, 5) is 39.1. The monoisotopic (exact) mass is 451 g/mol. The van der Waals surface area contributed by atoms with Crippen molar-refractivity contribution in [2.24, 2.45) is 5.92 Å². The van der Waals surface area contributed by atoms with E-state index in [0.29, 0.717) is 5.03 Å². The minimum absolute atomic E-state index is 0.0336. The lowest BCUT2D eigenvalue weighted by atomic mass is 9.77. The zero-order chi connectivity index (χ0) is 23.3. The Morgan fingerprint density at radius 3 is 2.47 bits per heavy atom. The second-order valence-corrected chi connectivity index (χ2v) is 7.76. The maximum Gasteiger partial charge on any atom is 0.319 e. The fourth-order valence-electron chi connectivity index (χ4n) is 3.83. The minimum atomic E-state index is -1.41. The number of benzene rings is 2. The van der Waals surface area contributed by atoms with Crippen molar-refractivity contribution < 1.29 is 19.2 Å². The number of carbonyl (C=O) groups is 2. The van der Waals surface area contributed by atoms with E-state index >= 15 is 0 Å². The number of nitriles is 1. The van der Waals surface area contributed by atoms with Crippen LogP contribution in [0.2, 0.25) is 0 Å². The van der Waals surface area contributed by atoms with Gasteiger partial charge in [-0.3, -0.25) is 19.7 Å². The van der Waals surface area contributed by atoms with Gasteiger partial charge in [-0.1, -0.05) is 48.5 Å². The molecule has 32 heavy (non-hydrogen) atoms. The second kappa shape index (κ2) is 10.1. The van der Waals surface area contributed by atoms with Crippen LogP contribution in [0.4, 0.5) is 5.69 Å². The van der Waals surface area contributed by atoms with Crippen LogP contribution in [0.1, 0.15) is 24.0 Å². The summed E-state index contributed by atoms with van der Waals surface area (Å²) < 4.78 is 5.17. The van der Waals surface area contributed by atoms with Crippen molar-refractivity contribution in [1.29, 1.82) is 5.26 Å². The molecule has 8 nitrogen and oxygen atoms in total. The Hall–Kier alpha value is -3.64. The van der Waals surface area contributed by atoms with E-state index in [4.69, 9.17) is 4.74 Å². The summed E-state index contributed by atoms with van der Waals surface area (Å²) in [6, 6.07) is 17.2. The zero-order valence-electron chi connectivity index (χ0n) is 17.6. The van der Waals surface area contributed by atoms with E-state index in [9.17, 15) is 25.0 Å². The Bertz CT molecular complexity index is 1110. The molecule has 2 atom stereocenters. The number of ether oxygens (including phenoxy) is 1. The van der Waals surface area contributed by atoms with Gasteiger partial charge in [0.1, 0.15) is 5.92 Å². The molecule has 0 N–H and O–H groups in total. The minimum Gasteiger partial charge on any atom is -0.465 e. The Morgan fingerprint density at radius 2 is 1.88 bits per heavy atom. The first-order valence-corrected chi connectivity index (χ1v) is 11.1. The maximum atomic E-state index is 13.6. The standard InChI is InChI=1S/C23H21N3O5S/c1-3-31-23(28)20-19(16-11-7-8-12-18(16)26(29)30)17(13-24)22(32-2)25(21(20)27)14-15-9-5-4-6-10-15/h4-12,19-20H,3,14H2,1-2H3/t19-,20+/m0/s1. The normalized spacial score (nSPS) is 18.3. The molecule has 0 fully saturated rings. The molecular weight excluding hydrogens is 430 g/mol. The highest BCUT2D eigenvalue weighted by Crippen LogP contribution is 2.46. The molecule has 1 aliphatic rings. The molecule has 0 radical (unpaired) electrons. The number of thioether (sulfide) groups is 1. The molecule has 2 aromatic carbocycles. The van der Waals surface area contributed by atoms with E-state index in [0.717, 1.165) is 5.56 Å². The third-order valence-corrected chi connectivity index (χ3v) is 5.99. The van der Waals surface area contributed by atoms with Gasteiger partial charge in [-0.25, -0.2) is 0 Å². The van der Waals surface area contributed by atoms with Crippen LogP contribution in [0.5, 0.6) is 0 Å². The van der Waals surface area contributed by atoms with Gasteiger partial charge < -0.3 is 9.64 Å². The van der Waals surface area contributed by atoms with Gasteiger partial charge >= 0.3 is 5.97 Å². The largest absolute Gasteiger partial charge is 0.465 e. The van der Waals surface area contributed by atoms with Crippen LogP contribution in [-0.2, 0) is 20.9 Å². The van der Waals surface area contributed by atoms with Crippen LogP contribution in [0.15, 0.2) is 65.2 Å². The SMILES string of the molecule is CCOC(=O)[C@H]1C(=O)N(Cc2ccccc2)C(SC)=C(C#N)[C@@H]1c1ccccc1[N+](=O)[O-]. The third-order valence-electron chi connectivity index (χ3n) is 5.16. The molecule has 0 aliphatic carbocycles. The molecule has 0 saturated carbocycles. The molecule has 0 spiro atoms. The molecule has 9 heteroatoms. The van der Waals surface area contributed by atoms with Gasteiger partial charge in [-0.05, 0) is 18.7 Å². The van der Waals surface area contributed by atoms with E-state index in [-0.39, 0.29) is 30.0 Å². The average molecular weight is 452 g/mol. The molecule has 1 amide bonds. The number of carbonyl (C=O) groups excluding carboxylic acids is 2. The molecule has 0 unspecified atom stereocenters. The quantitative estimate of drug-likeness (QED) is 0.270. The van der Waals surface area contributed by atoms with Crippen molar-refractivity contribution in [3.05, 3.63) is 86.4 Å². The summed E-state index contributed by atoms with van der Waals surface area (Å²) >= 11 is 1.19. The van der Waals surface area contributed by atoms with Crippen LogP contribution in [0.25, 0.3) is 0 Å². The highest BCUT2D eigenvalue weighted by atomic mass is 32.2. The Labute approximate surface area is 189 Å². The Balaban J connectivity index is 2.25. The smallest absolute Gasteiger partial charge is 0.319 e. The molecule has 1 heterocycles. The average Bonchev–Trinajstić information content (AvgIpc) is 2.80. The van der Waals surface area contributed by atoms with E-state index in [1.165, 1.54) is 34.9 Å². The first kappa shape index (κ1) is 23.0. The van der Waals surface area contributed by atoms with E-state index in [1.807, 2.05) is 30.3 Å². The summed E-state index contributed by atoms with van der Waals surface area (Å²) in [5.41, 5.74) is 0.812. The van der Waals surface area contributed by atoms with Gasteiger partial charge in [0.2, 0.25) is 5.91 Å². The maximum absolute atomic E-state index is 13.6. The molecule has 164 valence electrons. The van der Waals surface area contributed by atoms with Crippen LogP contribution >= 0.6 is 11.8 Å². The van der Waals surface area contributed by atoms with Gasteiger partial charge in [-0.15, -0.1) is 11.8 Å². The second-order valence-electron chi connectivity index (χ2n) is 6.97. The van der Waals surface area contributed by atoms with Crippen molar-refractivity contribution in [3.8, 4) is 6.07 Å². The molecule has 0 saturated heterocycles. The van der Waals surface area contributed by atoms with Gasteiger partial charge in [0, 0.05) is 11.6 Å². The number of hydrogen-bond acceptors (Lipinski definition) is 7.